The number of ether oxygens (including phenoxy) is 3. The second-order valence-electron chi connectivity index (χ2n) is 8.05. The summed E-state index contributed by atoms with van der Waals surface area (Å²) in [6.07, 6.45) is 4.02. The number of hydrogen-bond donors (Lipinski definition) is 1. The molecule has 1 aliphatic rings. The summed E-state index contributed by atoms with van der Waals surface area (Å²) in [7, 11) is 1.10. The lowest BCUT2D eigenvalue weighted by atomic mass is 9.73. The van der Waals surface area contributed by atoms with Crippen molar-refractivity contribution in [1.29, 1.82) is 0 Å². The van der Waals surface area contributed by atoms with Gasteiger partial charge >= 0.3 is 12.0 Å². The molecule has 1 atom stereocenters. The Kier molecular flexibility index (Phi) is 8.53. The highest BCUT2D eigenvalue weighted by Gasteiger charge is 2.63. The zero-order valence-electron chi connectivity index (χ0n) is 19.8. The van der Waals surface area contributed by atoms with E-state index in [4.69, 9.17) is 15.9 Å². The van der Waals surface area contributed by atoms with E-state index in [-0.39, 0.29) is 13.0 Å². The van der Waals surface area contributed by atoms with Crippen LogP contribution >= 0.6 is 0 Å². The van der Waals surface area contributed by atoms with Gasteiger partial charge in [-0.1, -0.05) is 0 Å². The number of nitrogens with zero attached hydrogens (tertiary/aromatic N) is 1. The van der Waals surface area contributed by atoms with Crippen LogP contribution in [0.4, 0.5) is 13.6 Å². The second-order valence-corrected chi connectivity index (χ2v) is 8.05. The van der Waals surface area contributed by atoms with Crippen LogP contribution in [-0.4, -0.2) is 55.2 Å². The summed E-state index contributed by atoms with van der Waals surface area (Å²) in [6, 6.07) is 2.42. The minimum Gasteiger partial charge on any atom is -0.493 e. The maximum atomic E-state index is 13.7. The minimum atomic E-state index is -3.05. The summed E-state index contributed by atoms with van der Waals surface area (Å²) < 4.78 is 43.5. The van der Waals surface area contributed by atoms with E-state index in [2.05, 4.69) is 16.0 Å². The topological polar surface area (TPSA) is 77.1 Å². The lowest BCUT2D eigenvalue weighted by molar-refractivity contribution is -0.178. The van der Waals surface area contributed by atoms with Crippen molar-refractivity contribution in [2.24, 2.45) is 0 Å². The van der Waals surface area contributed by atoms with Gasteiger partial charge in [0.2, 0.25) is 0 Å². The zero-order chi connectivity index (χ0) is 24.8. The Morgan fingerprint density at radius 2 is 1.76 bits per heavy atom. The first-order chi connectivity index (χ1) is 15.5. The Balaban J connectivity index is 2.38. The van der Waals surface area contributed by atoms with Crippen LogP contribution in [0.2, 0.25) is 0 Å². The molecule has 1 unspecified atom stereocenters. The number of rotatable bonds is 10. The van der Waals surface area contributed by atoms with Crippen molar-refractivity contribution in [3.05, 3.63) is 23.3 Å². The first-order valence-corrected chi connectivity index (χ1v) is 10.9. The summed E-state index contributed by atoms with van der Waals surface area (Å²) in [5.41, 5.74) is -0.231. The van der Waals surface area contributed by atoms with Crippen LogP contribution in [0.25, 0.3) is 0 Å². The van der Waals surface area contributed by atoms with E-state index in [0.29, 0.717) is 30.3 Å². The molecule has 0 heterocycles. The Hall–Kier alpha value is -3.02. The highest BCUT2D eigenvalue weighted by atomic mass is 19.3. The highest BCUT2D eigenvalue weighted by Crippen LogP contribution is 2.46. The maximum Gasteiger partial charge on any atom is 0.332 e. The number of carbonyl (C=O) groups is 2. The molecule has 1 aromatic rings. The molecule has 1 N–H and O–H groups in total. The molecule has 0 radical (unpaired) electrons. The van der Waals surface area contributed by atoms with Crippen molar-refractivity contribution in [2.45, 2.75) is 64.5 Å². The molecule has 1 saturated carbocycles. The van der Waals surface area contributed by atoms with Gasteiger partial charge in [0.1, 0.15) is 11.5 Å². The van der Waals surface area contributed by atoms with Gasteiger partial charge in [-0.3, -0.25) is 0 Å². The molecule has 33 heavy (non-hydrogen) atoms. The standard InChI is InChI=1S/C24H32F2N2O5/c1-7-10-11-28(22(30)27-23(21(29)31-6)14-24(25,26)15-23)17(5)18-12-19(32-8-2)16(4)20(13-18)33-9-3/h1,12-13,17H,8-11,14-15H2,2-6H3,(H,27,30). The third-order valence-electron chi connectivity index (χ3n) is 5.69. The summed E-state index contributed by atoms with van der Waals surface area (Å²) >= 11 is 0. The molecule has 1 fully saturated rings. The fourth-order valence-electron chi connectivity index (χ4n) is 3.96. The van der Waals surface area contributed by atoms with E-state index in [0.717, 1.165) is 12.7 Å². The predicted molar refractivity (Wildman–Crippen MR) is 120 cm³/mol. The number of urea groups is 1. The van der Waals surface area contributed by atoms with Gasteiger partial charge in [-0.2, -0.15) is 0 Å². The summed E-state index contributed by atoms with van der Waals surface area (Å²) in [5.74, 6) is -0.230. The molecule has 0 bridgehead atoms. The smallest absolute Gasteiger partial charge is 0.332 e. The molecule has 182 valence electrons. The van der Waals surface area contributed by atoms with Crippen molar-refractivity contribution in [3.63, 3.8) is 0 Å². The quantitative estimate of drug-likeness (QED) is 0.413. The molecule has 0 saturated heterocycles. The molecule has 1 aromatic carbocycles. The largest absolute Gasteiger partial charge is 0.493 e. The number of hydrogen-bond acceptors (Lipinski definition) is 5. The average Bonchev–Trinajstić information content (AvgIpc) is 2.74. The van der Waals surface area contributed by atoms with Crippen molar-refractivity contribution in [2.75, 3.05) is 26.9 Å². The Labute approximate surface area is 193 Å². The van der Waals surface area contributed by atoms with Crippen LogP contribution < -0.4 is 14.8 Å². The lowest BCUT2D eigenvalue weighted by Crippen LogP contribution is -2.68. The predicted octanol–water partition coefficient (Wildman–Crippen LogP) is 4.23. The molecule has 2 rings (SSSR count). The normalized spacial score (nSPS) is 16.5. The third kappa shape index (κ3) is 5.86. The molecular weight excluding hydrogens is 434 g/mol. The Morgan fingerprint density at radius 1 is 1.21 bits per heavy atom. The van der Waals surface area contributed by atoms with Gasteiger partial charge in [-0.25, -0.2) is 18.4 Å². The first kappa shape index (κ1) is 26.2. The molecule has 0 aliphatic heterocycles. The van der Waals surface area contributed by atoms with E-state index < -0.39 is 42.3 Å². The fraction of sp³-hybridized carbons (Fsp3) is 0.583. The van der Waals surface area contributed by atoms with Crippen molar-refractivity contribution < 1.29 is 32.6 Å². The SMILES string of the molecule is C#CCCN(C(=O)NC1(C(=O)OC)CC(F)(F)C1)C(C)c1cc(OCC)c(C)c(OCC)c1. The van der Waals surface area contributed by atoms with Crippen molar-refractivity contribution in [3.8, 4) is 23.8 Å². The summed E-state index contributed by atoms with van der Waals surface area (Å²) in [4.78, 5) is 26.9. The maximum absolute atomic E-state index is 13.7. The number of esters is 1. The van der Waals surface area contributed by atoms with Gasteiger partial charge in [-0.15, -0.1) is 12.3 Å². The molecular formula is C24H32F2N2O5. The molecule has 7 nitrogen and oxygen atoms in total. The monoisotopic (exact) mass is 466 g/mol. The summed E-state index contributed by atoms with van der Waals surface area (Å²) in [6.45, 7) is 8.44. The average molecular weight is 467 g/mol. The van der Waals surface area contributed by atoms with Gasteiger partial charge < -0.3 is 24.4 Å². The van der Waals surface area contributed by atoms with Crippen LogP contribution in [0.3, 0.4) is 0 Å². The van der Waals surface area contributed by atoms with Gasteiger partial charge in [0, 0.05) is 31.4 Å². The fourth-order valence-corrected chi connectivity index (χ4v) is 3.96. The van der Waals surface area contributed by atoms with Crippen molar-refractivity contribution >= 4 is 12.0 Å². The molecule has 9 heteroatoms. The van der Waals surface area contributed by atoms with Gasteiger partial charge in [-0.05, 0) is 45.4 Å². The number of alkyl halides is 2. The van der Waals surface area contributed by atoms with E-state index in [9.17, 15) is 18.4 Å². The Morgan fingerprint density at radius 3 is 2.18 bits per heavy atom. The molecule has 0 aromatic heterocycles. The van der Waals surface area contributed by atoms with E-state index in [1.807, 2.05) is 32.9 Å². The van der Waals surface area contributed by atoms with E-state index in [1.54, 1.807) is 6.92 Å². The van der Waals surface area contributed by atoms with Gasteiger partial charge in [0.25, 0.3) is 5.92 Å². The number of amides is 2. The van der Waals surface area contributed by atoms with Crippen LogP contribution in [-0.2, 0) is 9.53 Å². The second kappa shape index (κ2) is 10.7. The molecule has 2 amide bonds. The number of benzene rings is 1. The van der Waals surface area contributed by atoms with Gasteiger partial charge in [0.05, 0.1) is 26.4 Å². The van der Waals surface area contributed by atoms with Crippen LogP contribution in [0.1, 0.15) is 57.2 Å². The minimum absolute atomic E-state index is 0.152. The Bertz CT molecular complexity index is 878. The van der Waals surface area contributed by atoms with Gasteiger partial charge in [0.15, 0.2) is 5.54 Å². The van der Waals surface area contributed by atoms with E-state index in [1.165, 1.54) is 4.90 Å². The zero-order valence-corrected chi connectivity index (χ0v) is 19.8. The number of terminal acetylenes is 1. The van der Waals surface area contributed by atoms with Crippen LogP contribution in [0.15, 0.2) is 12.1 Å². The molecule has 0 spiro atoms. The third-order valence-corrected chi connectivity index (χ3v) is 5.69. The lowest BCUT2D eigenvalue weighted by Gasteiger charge is -2.46. The number of halogens is 2. The molecule has 1 aliphatic carbocycles. The van der Waals surface area contributed by atoms with E-state index >= 15 is 0 Å². The number of carbonyl (C=O) groups excluding carboxylic acids is 2. The summed E-state index contributed by atoms with van der Waals surface area (Å²) in [5, 5.41) is 2.49. The van der Waals surface area contributed by atoms with Crippen molar-refractivity contribution in [1.82, 2.24) is 10.2 Å². The highest BCUT2D eigenvalue weighted by molar-refractivity contribution is 5.89. The number of methoxy groups -OCH3 is 1. The van der Waals surface area contributed by atoms with Crippen LogP contribution in [0.5, 0.6) is 11.5 Å². The first-order valence-electron chi connectivity index (χ1n) is 10.9. The number of nitrogens with one attached hydrogen (secondary N) is 1. The van der Waals surface area contributed by atoms with Crippen LogP contribution in [0, 0.1) is 19.3 Å².